The monoisotopic (exact) mass is 459 g/mol. The van der Waals surface area contributed by atoms with Gasteiger partial charge in [-0.15, -0.1) is 0 Å². The number of amides is 3. The lowest BCUT2D eigenvalue weighted by Gasteiger charge is -2.32. The number of rotatable bonds is 3. The van der Waals surface area contributed by atoms with E-state index in [1.807, 2.05) is 35.1 Å². The first-order valence-electron chi connectivity index (χ1n) is 12.4. The third-order valence-electron chi connectivity index (χ3n) is 7.52. The zero-order valence-electron chi connectivity index (χ0n) is 20.1. The average molecular weight is 460 g/mol. The van der Waals surface area contributed by atoms with Crippen molar-refractivity contribution in [2.75, 3.05) is 31.5 Å². The van der Waals surface area contributed by atoms with Gasteiger partial charge in [-0.3, -0.25) is 4.79 Å². The Morgan fingerprint density at radius 1 is 0.971 bits per heavy atom. The van der Waals surface area contributed by atoms with Gasteiger partial charge >= 0.3 is 6.03 Å². The van der Waals surface area contributed by atoms with E-state index in [2.05, 4.69) is 35.5 Å². The second-order valence-corrected chi connectivity index (χ2v) is 9.64. The van der Waals surface area contributed by atoms with Gasteiger partial charge in [0.2, 0.25) is 0 Å². The number of pyridine rings is 1. The number of hydrogen-bond acceptors (Lipinski definition) is 3. The van der Waals surface area contributed by atoms with Gasteiger partial charge in [-0.05, 0) is 86.8 Å². The molecule has 0 atom stereocenters. The molecule has 0 bridgehead atoms. The summed E-state index contributed by atoms with van der Waals surface area (Å²) in [5, 5.41) is 7.50. The predicted molar refractivity (Wildman–Crippen MR) is 133 cm³/mol. The van der Waals surface area contributed by atoms with Crippen molar-refractivity contribution >= 4 is 23.1 Å². The standard InChI is InChI=1S/C27H33N5O2/c1-19-7-6-8-24(20(19)2)29-27(34)31-14-9-21(10-15-31)22-11-16-32-25(17-22)23(18-28-32)26(33)30-12-4-3-5-13-30/h6-8,11,16-18,21H,3-5,9-10,12-15H2,1-2H3,(H,29,34). The molecule has 34 heavy (non-hydrogen) atoms. The van der Waals surface area contributed by atoms with Crippen LogP contribution in [0.15, 0.2) is 42.7 Å². The second-order valence-electron chi connectivity index (χ2n) is 9.64. The molecule has 5 rings (SSSR count). The Hall–Kier alpha value is -3.35. The molecule has 2 fully saturated rings. The smallest absolute Gasteiger partial charge is 0.321 e. The van der Waals surface area contributed by atoms with Crippen LogP contribution in [0.3, 0.4) is 0 Å². The zero-order chi connectivity index (χ0) is 23.7. The Balaban J connectivity index is 1.26. The van der Waals surface area contributed by atoms with Gasteiger partial charge in [-0.25, -0.2) is 9.31 Å². The van der Waals surface area contributed by atoms with E-state index in [4.69, 9.17) is 0 Å². The summed E-state index contributed by atoms with van der Waals surface area (Å²) in [4.78, 5) is 29.8. The number of carbonyl (C=O) groups excluding carboxylic acids is 2. The van der Waals surface area contributed by atoms with Crippen molar-refractivity contribution in [2.24, 2.45) is 0 Å². The second kappa shape index (κ2) is 9.49. The van der Waals surface area contributed by atoms with E-state index >= 15 is 0 Å². The Bertz CT molecular complexity index is 1200. The minimum absolute atomic E-state index is 0.0344. The van der Waals surface area contributed by atoms with E-state index in [0.29, 0.717) is 24.6 Å². The number of benzene rings is 1. The van der Waals surface area contributed by atoms with Gasteiger partial charge in [0.25, 0.3) is 5.91 Å². The van der Waals surface area contributed by atoms with Gasteiger partial charge in [0.15, 0.2) is 0 Å². The van der Waals surface area contributed by atoms with Crippen LogP contribution in [0.4, 0.5) is 10.5 Å². The number of anilines is 1. The first-order valence-corrected chi connectivity index (χ1v) is 12.4. The number of piperidine rings is 2. The third kappa shape index (κ3) is 4.39. The third-order valence-corrected chi connectivity index (χ3v) is 7.52. The highest BCUT2D eigenvalue weighted by Crippen LogP contribution is 2.30. The van der Waals surface area contributed by atoms with Crippen LogP contribution in [0.5, 0.6) is 0 Å². The first kappa shape index (κ1) is 22.4. The number of hydrogen-bond donors (Lipinski definition) is 1. The molecule has 3 aromatic rings. The number of urea groups is 1. The average Bonchev–Trinajstić information content (AvgIpc) is 3.30. The lowest BCUT2D eigenvalue weighted by atomic mass is 9.89. The maximum absolute atomic E-state index is 13.1. The van der Waals surface area contributed by atoms with Crippen LogP contribution in [-0.2, 0) is 0 Å². The Morgan fingerprint density at radius 3 is 2.50 bits per heavy atom. The first-order chi connectivity index (χ1) is 16.5. The molecule has 7 nitrogen and oxygen atoms in total. The fourth-order valence-electron chi connectivity index (χ4n) is 5.18. The number of fused-ring (bicyclic) bond motifs is 1. The molecule has 2 aromatic heterocycles. The van der Waals surface area contributed by atoms with Crippen LogP contribution >= 0.6 is 0 Å². The highest BCUT2D eigenvalue weighted by Gasteiger charge is 2.26. The van der Waals surface area contributed by atoms with Gasteiger partial charge in [-0.1, -0.05) is 12.1 Å². The molecule has 2 aliphatic heterocycles. The summed E-state index contributed by atoms with van der Waals surface area (Å²) in [5.41, 5.74) is 5.94. The molecule has 0 spiro atoms. The van der Waals surface area contributed by atoms with Gasteiger partial charge in [0, 0.05) is 38.1 Å². The van der Waals surface area contributed by atoms with Crippen LogP contribution in [0.2, 0.25) is 0 Å². The van der Waals surface area contributed by atoms with E-state index < -0.39 is 0 Å². The van der Waals surface area contributed by atoms with Crippen LogP contribution in [0.25, 0.3) is 5.52 Å². The molecule has 7 heteroatoms. The quantitative estimate of drug-likeness (QED) is 0.600. The van der Waals surface area contributed by atoms with Crippen molar-refractivity contribution < 1.29 is 9.59 Å². The van der Waals surface area contributed by atoms with E-state index in [-0.39, 0.29) is 11.9 Å². The topological polar surface area (TPSA) is 70.0 Å². The van der Waals surface area contributed by atoms with Crippen LogP contribution < -0.4 is 5.32 Å². The summed E-state index contributed by atoms with van der Waals surface area (Å²) in [6.07, 6.45) is 8.81. The van der Waals surface area contributed by atoms with Crippen LogP contribution in [-0.4, -0.2) is 57.5 Å². The molecule has 0 aliphatic carbocycles. The van der Waals surface area contributed by atoms with Crippen molar-refractivity contribution in [2.45, 2.75) is 51.9 Å². The lowest BCUT2D eigenvalue weighted by Crippen LogP contribution is -2.40. The molecule has 0 unspecified atom stereocenters. The molecule has 178 valence electrons. The van der Waals surface area contributed by atoms with Crippen molar-refractivity contribution in [1.82, 2.24) is 19.4 Å². The molecule has 4 heterocycles. The molecule has 3 amide bonds. The fraction of sp³-hybridized carbons (Fsp3) is 0.444. The number of nitrogens with zero attached hydrogens (tertiary/aromatic N) is 4. The van der Waals surface area contributed by atoms with Crippen molar-refractivity contribution in [3.63, 3.8) is 0 Å². The van der Waals surface area contributed by atoms with E-state index in [0.717, 1.165) is 55.5 Å². The molecular formula is C27H33N5O2. The normalized spacial score (nSPS) is 17.2. The van der Waals surface area contributed by atoms with E-state index in [9.17, 15) is 9.59 Å². The van der Waals surface area contributed by atoms with Crippen LogP contribution in [0, 0.1) is 13.8 Å². The number of aromatic nitrogens is 2. The number of carbonyl (C=O) groups is 2. The number of aryl methyl sites for hydroxylation is 1. The minimum Gasteiger partial charge on any atom is -0.339 e. The fourth-order valence-corrected chi connectivity index (χ4v) is 5.18. The van der Waals surface area contributed by atoms with E-state index in [1.165, 1.54) is 17.5 Å². The summed E-state index contributed by atoms with van der Waals surface area (Å²) >= 11 is 0. The molecule has 2 saturated heterocycles. The maximum atomic E-state index is 13.1. The SMILES string of the molecule is Cc1cccc(NC(=O)N2CCC(c3ccn4ncc(C(=O)N5CCCCC5)c4c3)CC2)c1C. The molecular weight excluding hydrogens is 426 g/mol. The molecule has 1 aromatic carbocycles. The minimum atomic E-state index is -0.0344. The van der Waals surface area contributed by atoms with Gasteiger partial charge in [-0.2, -0.15) is 5.10 Å². The van der Waals surface area contributed by atoms with Crippen molar-refractivity contribution in [3.05, 3.63) is 65.0 Å². The molecule has 1 N–H and O–H groups in total. The Labute approximate surface area is 200 Å². The van der Waals surface area contributed by atoms with Crippen LogP contribution in [0.1, 0.15) is 65.1 Å². The number of nitrogens with one attached hydrogen (secondary N) is 1. The maximum Gasteiger partial charge on any atom is 0.321 e. The summed E-state index contributed by atoms with van der Waals surface area (Å²) in [6, 6.07) is 10.2. The summed E-state index contributed by atoms with van der Waals surface area (Å²) in [6.45, 7) is 7.18. The molecule has 0 saturated carbocycles. The summed E-state index contributed by atoms with van der Waals surface area (Å²) < 4.78 is 1.80. The number of likely N-dealkylation sites (tertiary alicyclic amines) is 2. The van der Waals surface area contributed by atoms with Gasteiger partial charge in [0.05, 0.1) is 17.3 Å². The predicted octanol–water partition coefficient (Wildman–Crippen LogP) is 4.99. The summed E-state index contributed by atoms with van der Waals surface area (Å²) in [7, 11) is 0. The molecule has 0 radical (unpaired) electrons. The Kier molecular flexibility index (Phi) is 6.26. The zero-order valence-corrected chi connectivity index (χ0v) is 20.1. The Morgan fingerprint density at radius 2 is 1.74 bits per heavy atom. The van der Waals surface area contributed by atoms with E-state index in [1.54, 1.807) is 10.7 Å². The highest BCUT2D eigenvalue weighted by molar-refractivity contribution is 6.00. The van der Waals surface area contributed by atoms with Gasteiger partial charge in [0.1, 0.15) is 0 Å². The molecule has 2 aliphatic rings. The van der Waals surface area contributed by atoms with Crippen molar-refractivity contribution in [1.29, 1.82) is 0 Å². The highest BCUT2D eigenvalue weighted by atomic mass is 16.2. The summed E-state index contributed by atoms with van der Waals surface area (Å²) in [5.74, 6) is 0.451. The lowest BCUT2D eigenvalue weighted by molar-refractivity contribution is 0.0726. The van der Waals surface area contributed by atoms with Gasteiger partial charge < -0.3 is 15.1 Å². The largest absolute Gasteiger partial charge is 0.339 e. The van der Waals surface area contributed by atoms with Crippen molar-refractivity contribution in [3.8, 4) is 0 Å².